The molecule has 124 valence electrons. The summed E-state index contributed by atoms with van der Waals surface area (Å²) >= 11 is 6.56. The Hall–Kier alpha value is -1.37. The van der Waals surface area contributed by atoms with E-state index in [-0.39, 0.29) is 11.3 Å². The Kier molecular flexibility index (Phi) is 4.89. The third-order valence-electron chi connectivity index (χ3n) is 3.60. The van der Waals surface area contributed by atoms with E-state index in [4.69, 9.17) is 12.2 Å². The molecule has 0 spiro atoms. The first-order valence-electron chi connectivity index (χ1n) is 7.31. The number of hydrazine groups is 1. The van der Waals surface area contributed by atoms with Crippen molar-refractivity contribution in [3.8, 4) is 5.75 Å². The van der Waals surface area contributed by atoms with Gasteiger partial charge in [0.2, 0.25) is 0 Å². The summed E-state index contributed by atoms with van der Waals surface area (Å²) in [5.74, 6) is 0.198. The average molecular weight is 351 g/mol. The molecule has 23 heavy (non-hydrogen) atoms. The molecule has 0 atom stereocenters. The topological polar surface area (TPSA) is 43.8 Å². The highest BCUT2D eigenvalue weighted by molar-refractivity contribution is 8.26. The van der Waals surface area contributed by atoms with Gasteiger partial charge in [-0.3, -0.25) is 4.79 Å². The second kappa shape index (κ2) is 6.26. The van der Waals surface area contributed by atoms with Gasteiger partial charge in [0.05, 0.1) is 4.91 Å². The van der Waals surface area contributed by atoms with Crippen LogP contribution >= 0.6 is 24.0 Å². The number of carbonyl (C=O) groups is 1. The van der Waals surface area contributed by atoms with Crippen LogP contribution in [-0.4, -0.2) is 39.4 Å². The zero-order valence-corrected chi connectivity index (χ0v) is 15.9. The molecule has 1 aromatic rings. The standard InChI is InChI=1S/C17H22N2O2S2/c1-10-7-11(8-12(14(10)20)17(2,3)4)9-13-15(21)19(18(5)6)16(22)23-13/h7-9,20H,1-6H3. The Labute approximate surface area is 147 Å². The fourth-order valence-corrected chi connectivity index (χ4v) is 3.82. The van der Waals surface area contributed by atoms with Crippen LogP contribution in [0.5, 0.6) is 5.75 Å². The highest BCUT2D eigenvalue weighted by atomic mass is 32.2. The van der Waals surface area contributed by atoms with Gasteiger partial charge < -0.3 is 5.11 Å². The predicted octanol–water partition coefficient (Wildman–Crippen LogP) is 3.68. The summed E-state index contributed by atoms with van der Waals surface area (Å²) in [5, 5.41) is 13.5. The van der Waals surface area contributed by atoms with Gasteiger partial charge in [0, 0.05) is 19.7 Å². The maximum Gasteiger partial charge on any atom is 0.280 e. The molecule has 1 aliphatic rings. The van der Waals surface area contributed by atoms with Crippen molar-refractivity contribution >= 4 is 40.3 Å². The summed E-state index contributed by atoms with van der Waals surface area (Å²) < 4.78 is 0.526. The minimum atomic E-state index is -0.179. The lowest BCUT2D eigenvalue weighted by Gasteiger charge is -2.22. The number of aryl methyl sites for hydroxylation is 1. The van der Waals surface area contributed by atoms with Crippen molar-refractivity contribution < 1.29 is 9.90 Å². The number of rotatable bonds is 2. The molecule has 4 nitrogen and oxygen atoms in total. The number of carbonyl (C=O) groups excluding carboxylic acids is 1. The molecule has 0 bridgehead atoms. The summed E-state index contributed by atoms with van der Waals surface area (Å²) in [7, 11) is 3.58. The molecule has 0 aliphatic carbocycles. The lowest BCUT2D eigenvalue weighted by atomic mass is 9.84. The third kappa shape index (κ3) is 3.59. The Morgan fingerprint density at radius 3 is 2.39 bits per heavy atom. The molecule has 6 heteroatoms. The summed E-state index contributed by atoms with van der Waals surface area (Å²) in [5.41, 5.74) is 2.38. The molecular weight excluding hydrogens is 328 g/mol. The van der Waals surface area contributed by atoms with Crippen LogP contribution in [0.2, 0.25) is 0 Å². The van der Waals surface area contributed by atoms with Crippen LogP contribution in [0.3, 0.4) is 0 Å². The highest BCUT2D eigenvalue weighted by Crippen LogP contribution is 2.37. The van der Waals surface area contributed by atoms with E-state index in [9.17, 15) is 9.90 Å². The molecule has 1 fully saturated rings. The predicted molar refractivity (Wildman–Crippen MR) is 100 cm³/mol. The molecule has 1 amide bonds. The lowest BCUT2D eigenvalue weighted by molar-refractivity contribution is -0.130. The van der Waals surface area contributed by atoms with Crippen LogP contribution in [0.25, 0.3) is 6.08 Å². The van der Waals surface area contributed by atoms with Gasteiger partial charge in [0.25, 0.3) is 5.91 Å². The van der Waals surface area contributed by atoms with Gasteiger partial charge in [0.1, 0.15) is 5.75 Å². The van der Waals surface area contributed by atoms with E-state index >= 15 is 0 Å². The minimum Gasteiger partial charge on any atom is -0.507 e. The second-order valence-electron chi connectivity index (χ2n) is 6.82. The molecule has 1 heterocycles. The van der Waals surface area contributed by atoms with Gasteiger partial charge in [-0.25, -0.2) is 10.0 Å². The smallest absolute Gasteiger partial charge is 0.280 e. The van der Waals surface area contributed by atoms with Gasteiger partial charge in [-0.05, 0) is 41.7 Å². The molecule has 0 saturated carbocycles. The average Bonchev–Trinajstić information content (AvgIpc) is 2.67. The number of hydrogen-bond acceptors (Lipinski definition) is 5. The van der Waals surface area contributed by atoms with E-state index in [2.05, 4.69) is 20.8 Å². The van der Waals surface area contributed by atoms with E-state index in [1.165, 1.54) is 16.8 Å². The van der Waals surface area contributed by atoms with Crippen molar-refractivity contribution in [3.63, 3.8) is 0 Å². The SMILES string of the molecule is Cc1cc(C=C2SC(=S)N(N(C)C)C2=O)cc(C(C)(C)C)c1O. The first kappa shape index (κ1) is 18.0. The Morgan fingerprint density at radius 1 is 1.30 bits per heavy atom. The van der Waals surface area contributed by atoms with Crippen LogP contribution in [0, 0.1) is 6.92 Å². The monoisotopic (exact) mass is 350 g/mol. The van der Waals surface area contributed by atoms with Gasteiger partial charge >= 0.3 is 0 Å². The number of phenolic OH excluding ortho intramolecular Hbond substituents is 1. The van der Waals surface area contributed by atoms with Gasteiger partial charge in [-0.1, -0.05) is 44.8 Å². The fourth-order valence-electron chi connectivity index (χ4n) is 2.42. The molecule has 0 aromatic heterocycles. The molecule has 1 aliphatic heterocycles. The first-order valence-corrected chi connectivity index (χ1v) is 8.54. The lowest BCUT2D eigenvalue weighted by Crippen LogP contribution is -2.39. The van der Waals surface area contributed by atoms with Crippen molar-refractivity contribution in [2.24, 2.45) is 0 Å². The third-order valence-corrected chi connectivity index (χ3v) is 4.88. The number of phenols is 1. The minimum absolute atomic E-state index is 0.118. The van der Waals surface area contributed by atoms with E-state index in [1.54, 1.807) is 19.1 Å². The summed E-state index contributed by atoms with van der Waals surface area (Å²) in [6.45, 7) is 8.03. The molecule has 1 aromatic carbocycles. The highest BCUT2D eigenvalue weighted by Gasteiger charge is 2.33. The number of hydrogen-bond donors (Lipinski definition) is 1. The normalized spacial score (nSPS) is 17.7. The maximum atomic E-state index is 12.5. The van der Waals surface area contributed by atoms with Crippen molar-refractivity contribution in [2.45, 2.75) is 33.1 Å². The quantitative estimate of drug-likeness (QED) is 0.651. The largest absolute Gasteiger partial charge is 0.507 e. The molecular formula is C17H22N2O2S2. The van der Waals surface area contributed by atoms with Crippen LogP contribution in [0.4, 0.5) is 0 Å². The second-order valence-corrected chi connectivity index (χ2v) is 8.50. The maximum absolute atomic E-state index is 12.5. The van der Waals surface area contributed by atoms with E-state index in [1.807, 2.05) is 25.1 Å². The number of thiocarbonyl (C=S) groups is 1. The number of amides is 1. The Morgan fingerprint density at radius 2 is 1.91 bits per heavy atom. The number of benzene rings is 1. The van der Waals surface area contributed by atoms with E-state index in [0.717, 1.165) is 16.7 Å². The summed E-state index contributed by atoms with van der Waals surface area (Å²) in [4.78, 5) is 13.0. The summed E-state index contributed by atoms with van der Waals surface area (Å²) in [6, 6.07) is 3.82. The van der Waals surface area contributed by atoms with Crippen molar-refractivity contribution in [1.82, 2.24) is 10.0 Å². The first-order chi connectivity index (χ1) is 10.5. The van der Waals surface area contributed by atoms with Crippen molar-refractivity contribution in [3.05, 3.63) is 33.7 Å². The zero-order valence-electron chi connectivity index (χ0n) is 14.3. The zero-order chi connectivity index (χ0) is 17.5. The molecule has 0 radical (unpaired) electrons. The van der Waals surface area contributed by atoms with E-state index < -0.39 is 0 Å². The van der Waals surface area contributed by atoms with Crippen LogP contribution in [0.1, 0.15) is 37.5 Å². The summed E-state index contributed by atoms with van der Waals surface area (Å²) in [6.07, 6.45) is 1.84. The Balaban J connectivity index is 2.47. The van der Waals surface area contributed by atoms with Crippen molar-refractivity contribution in [1.29, 1.82) is 0 Å². The van der Waals surface area contributed by atoms with Crippen molar-refractivity contribution in [2.75, 3.05) is 14.1 Å². The van der Waals surface area contributed by atoms with Gasteiger partial charge in [0.15, 0.2) is 4.32 Å². The number of thioether (sulfide) groups is 1. The van der Waals surface area contributed by atoms with Crippen LogP contribution in [-0.2, 0) is 10.2 Å². The van der Waals surface area contributed by atoms with Gasteiger partial charge in [-0.15, -0.1) is 0 Å². The number of nitrogens with zero attached hydrogens (tertiary/aromatic N) is 2. The molecule has 1 N–H and O–H groups in total. The van der Waals surface area contributed by atoms with Crippen LogP contribution < -0.4 is 0 Å². The molecule has 2 rings (SSSR count). The molecule has 0 unspecified atom stereocenters. The van der Waals surface area contributed by atoms with E-state index in [0.29, 0.717) is 15.0 Å². The number of aromatic hydroxyl groups is 1. The van der Waals surface area contributed by atoms with Crippen LogP contribution in [0.15, 0.2) is 17.0 Å². The molecule has 1 saturated heterocycles. The Bertz CT molecular complexity index is 703. The fraction of sp³-hybridized carbons (Fsp3) is 0.412. The van der Waals surface area contributed by atoms with Gasteiger partial charge in [-0.2, -0.15) is 0 Å².